The summed E-state index contributed by atoms with van der Waals surface area (Å²) in [6.07, 6.45) is 3.62. The van der Waals surface area contributed by atoms with Gasteiger partial charge in [-0.1, -0.05) is 68.3 Å². The maximum Gasteiger partial charge on any atom is 0.0915 e. The van der Waals surface area contributed by atoms with Gasteiger partial charge in [-0.15, -0.1) is 0 Å². The molecule has 2 nitrogen and oxygen atoms in total. The van der Waals surface area contributed by atoms with Gasteiger partial charge in [0.2, 0.25) is 0 Å². The summed E-state index contributed by atoms with van der Waals surface area (Å²) in [6.45, 7) is 4.30. The van der Waals surface area contributed by atoms with E-state index in [4.69, 9.17) is 0 Å². The highest BCUT2D eigenvalue weighted by atomic mass is 16.3. The highest BCUT2D eigenvalue weighted by molar-refractivity contribution is 5.43. The predicted molar refractivity (Wildman–Crippen MR) is 94.0 cm³/mol. The average molecular weight is 297 g/mol. The third-order valence-electron chi connectivity index (χ3n) is 4.09. The van der Waals surface area contributed by atoms with E-state index in [9.17, 15) is 5.11 Å². The first kappa shape index (κ1) is 16.6. The minimum Gasteiger partial charge on any atom is -0.385 e. The molecule has 118 valence electrons. The lowest BCUT2D eigenvalue weighted by Crippen LogP contribution is -2.33. The second-order valence-electron chi connectivity index (χ2n) is 6.12. The maximum absolute atomic E-state index is 11.2. The molecular formula is C20H27NO. The summed E-state index contributed by atoms with van der Waals surface area (Å²) in [6, 6.07) is 20.4. The molecule has 2 rings (SSSR count). The van der Waals surface area contributed by atoms with Crippen LogP contribution < -0.4 is 5.32 Å². The van der Waals surface area contributed by atoms with E-state index in [-0.39, 0.29) is 6.04 Å². The summed E-state index contributed by atoms with van der Waals surface area (Å²) < 4.78 is 0. The van der Waals surface area contributed by atoms with Crippen LogP contribution in [-0.4, -0.2) is 11.1 Å². The molecule has 0 aliphatic rings. The van der Waals surface area contributed by atoms with Gasteiger partial charge in [0.05, 0.1) is 5.60 Å². The van der Waals surface area contributed by atoms with E-state index < -0.39 is 5.60 Å². The Morgan fingerprint density at radius 1 is 1.00 bits per heavy atom. The Labute approximate surface area is 134 Å². The smallest absolute Gasteiger partial charge is 0.0915 e. The number of nitrogens with one attached hydrogen (secondary N) is 1. The SMILES string of the molecule is CCCC[C@@](O)(C[C@@H](C)Nc1ccccc1)c1ccccc1. The Hall–Kier alpha value is -1.80. The molecule has 0 amide bonds. The molecule has 0 aliphatic carbocycles. The highest BCUT2D eigenvalue weighted by Crippen LogP contribution is 2.32. The first-order valence-corrected chi connectivity index (χ1v) is 8.23. The molecule has 2 atom stereocenters. The van der Waals surface area contributed by atoms with E-state index in [0.717, 1.165) is 30.5 Å². The predicted octanol–water partition coefficient (Wildman–Crippen LogP) is 4.96. The van der Waals surface area contributed by atoms with Crippen LogP contribution in [0.15, 0.2) is 60.7 Å². The summed E-state index contributed by atoms with van der Waals surface area (Å²) in [4.78, 5) is 0. The molecule has 0 saturated heterocycles. The Balaban J connectivity index is 2.09. The number of benzene rings is 2. The number of aliphatic hydroxyl groups is 1. The lowest BCUT2D eigenvalue weighted by molar-refractivity contribution is 0.0130. The standard InChI is InChI=1S/C20H27NO/c1-3-4-15-20(22,18-11-7-5-8-12-18)16-17(2)21-19-13-9-6-10-14-19/h5-14,17,21-22H,3-4,15-16H2,1-2H3/t17-,20-/m1/s1. The fourth-order valence-corrected chi connectivity index (χ4v) is 2.96. The van der Waals surface area contributed by atoms with Gasteiger partial charge in [0.1, 0.15) is 0 Å². The maximum atomic E-state index is 11.2. The number of rotatable bonds is 8. The second kappa shape index (κ2) is 8.00. The van der Waals surface area contributed by atoms with Gasteiger partial charge in [-0.3, -0.25) is 0 Å². The topological polar surface area (TPSA) is 32.3 Å². The van der Waals surface area contributed by atoms with E-state index in [1.165, 1.54) is 0 Å². The van der Waals surface area contributed by atoms with Crippen molar-refractivity contribution in [2.45, 2.75) is 51.2 Å². The van der Waals surface area contributed by atoms with Crippen molar-refractivity contribution in [1.82, 2.24) is 0 Å². The van der Waals surface area contributed by atoms with Crippen LogP contribution in [-0.2, 0) is 5.60 Å². The molecule has 0 aliphatic heterocycles. The van der Waals surface area contributed by atoms with Crippen molar-refractivity contribution in [1.29, 1.82) is 0 Å². The summed E-state index contributed by atoms with van der Waals surface area (Å²) in [5, 5.41) is 14.7. The normalized spacial score (nSPS) is 15.0. The van der Waals surface area contributed by atoms with Gasteiger partial charge < -0.3 is 10.4 Å². The second-order valence-corrected chi connectivity index (χ2v) is 6.12. The van der Waals surface area contributed by atoms with Gasteiger partial charge >= 0.3 is 0 Å². The van der Waals surface area contributed by atoms with Crippen LogP contribution in [0.4, 0.5) is 5.69 Å². The molecule has 0 aromatic heterocycles. The Morgan fingerprint density at radius 2 is 1.59 bits per heavy atom. The van der Waals surface area contributed by atoms with E-state index in [2.05, 4.69) is 31.3 Å². The Kier molecular flexibility index (Phi) is 6.02. The van der Waals surface area contributed by atoms with Crippen LogP contribution in [0.25, 0.3) is 0 Å². The fraction of sp³-hybridized carbons (Fsp3) is 0.400. The van der Waals surface area contributed by atoms with E-state index in [1.54, 1.807) is 0 Å². The number of unbranched alkanes of at least 4 members (excludes halogenated alkanes) is 1. The zero-order chi connectivity index (χ0) is 15.8. The van der Waals surface area contributed by atoms with E-state index in [0.29, 0.717) is 6.42 Å². The number of para-hydroxylation sites is 1. The zero-order valence-corrected chi connectivity index (χ0v) is 13.6. The lowest BCUT2D eigenvalue weighted by atomic mass is 9.83. The van der Waals surface area contributed by atoms with Crippen molar-refractivity contribution in [3.8, 4) is 0 Å². The van der Waals surface area contributed by atoms with Crippen molar-refractivity contribution < 1.29 is 5.11 Å². The molecule has 0 radical (unpaired) electrons. The van der Waals surface area contributed by atoms with Crippen LogP contribution in [0.5, 0.6) is 0 Å². The first-order valence-electron chi connectivity index (χ1n) is 8.23. The van der Waals surface area contributed by atoms with Crippen molar-refractivity contribution >= 4 is 5.69 Å². The molecule has 2 N–H and O–H groups in total. The number of hydrogen-bond acceptors (Lipinski definition) is 2. The summed E-state index contributed by atoms with van der Waals surface area (Å²) in [5.41, 5.74) is 1.35. The molecule has 2 aromatic carbocycles. The van der Waals surface area contributed by atoms with Gasteiger partial charge in [-0.05, 0) is 31.0 Å². The Bertz CT molecular complexity index is 540. The monoisotopic (exact) mass is 297 g/mol. The van der Waals surface area contributed by atoms with Crippen LogP contribution in [0, 0.1) is 0 Å². The van der Waals surface area contributed by atoms with Gasteiger partial charge in [0.25, 0.3) is 0 Å². The molecule has 0 bridgehead atoms. The third kappa shape index (κ3) is 4.60. The molecule has 0 fully saturated rings. The van der Waals surface area contributed by atoms with Gasteiger partial charge in [0, 0.05) is 18.2 Å². The van der Waals surface area contributed by atoms with Gasteiger partial charge in [-0.25, -0.2) is 0 Å². The fourth-order valence-electron chi connectivity index (χ4n) is 2.96. The summed E-state index contributed by atoms with van der Waals surface area (Å²) in [5.74, 6) is 0. The van der Waals surface area contributed by atoms with Crippen LogP contribution in [0.1, 0.15) is 45.1 Å². The molecule has 0 saturated carbocycles. The van der Waals surface area contributed by atoms with Crippen LogP contribution in [0.2, 0.25) is 0 Å². The van der Waals surface area contributed by atoms with E-state index >= 15 is 0 Å². The number of anilines is 1. The average Bonchev–Trinajstić information content (AvgIpc) is 2.54. The van der Waals surface area contributed by atoms with E-state index in [1.807, 2.05) is 48.5 Å². The Morgan fingerprint density at radius 3 is 2.18 bits per heavy atom. The first-order chi connectivity index (χ1) is 10.6. The van der Waals surface area contributed by atoms with Gasteiger partial charge in [-0.2, -0.15) is 0 Å². The van der Waals surface area contributed by atoms with Crippen molar-refractivity contribution in [3.05, 3.63) is 66.2 Å². The molecule has 0 unspecified atom stereocenters. The summed E-state index contributed by atoms with van der Waals surface area (Å²) >= 11 is 0. The summed E-state index contributed by atoms with van der Waals surface area (Å²) in [7, 11) is 0. The number of hydrogen-bond donors (Lipinski definition) is 2. The van der Waals surface area contributed by atoms with Crippen molar-refractivity contribution in [3.63, 3.8) is 0 Å². The largest absolute Gasteiger partial charge is 0.385 e. The minimum atomic E-state index is -0.765. The molecule has 0 heterocycles. The van der Waals surface area contributed by atoms with Crippen LogP contribution in [0.3, 0.4) is 0 Å². The highest BCUT2D eigenvalue weighted by Gasteiger charge is 2.30. The third-order valence-corrected chi connectivity index (χ3v) is 4.09. The van der Waals surface area contributed by atoms with Gasteiger partial charge in [0.15, 0.2) is 0 Å². The van der Waals surface area contributed by atoms with Crippen molar-refractivity contribution in [2.24, 2.45) is 0 Å². The molecule has 0 spiro atoms. The van der Waals surface area contributed by atoms with Crippen molar-refractivity contribution in [2.75, 3.05) is 5.32 Å². The molecule has 2 aromatic rings. The molecular weight excluding hydrogens is 270 g/mol. The lowest BCUT2D eigenvalue weighted by Gasteiger charge is -2.32. The zero-order valence-electron chi connectivity index (χ0n) is 13.6. The van der Waals surface area contributed by atoms with Crippen LogP contribution >= 0.6 is 0 Å². The minimum absolute atomic E-state index is 0.199. The molecule has 2 heteroatoms. The molecule has 22 heavy (non-hydrogen) atoms. The quantitative estimate of drug-likeness (QED) is 0.722.